The molecule has 1 saturated heterocycles. The molecule has 1 aliphatic heterocycles. The predicted octanol–water partition coefficient (Wildman–Crippen LogP) is 4.95. The molecule has 0 radical (unpaired) electrons. The van der Waals surface area contributed by atoms with E-state index >= 15 is 0 Å². The molecule has 0 spiro atoms. The SMILES string of the molecule is Cc1nn(C)c(Cl)c1CN1CCCN(C(=O)c2cc(-c3ccccc3)nc3ccccc23)CC1. The van der Waals surface area contributed by atoms with Gasteiger partial charge in [0.05, 0.1) is 22.5 Å². The monoisotopic (exact) mass is 473 g/mol. The zero-order valence-electron chi connectivity index (χ0n) is 19.5. The summed E-state index contributed by atoms with van der Waals surface area (Å²) < 4.78 is 1.72. The Bertz CT molecular complexity index is 1330. The number of hydrogen-bond donors (Lipinski definition) is 0. The van der Waals surface area contributed by atoms with Crippen LogP contribution in [0, 0.1) is 6.92 Å². The van der Waals surface area contributed by atoms with Crippen LogP contribution in [0.3, 0.4) is 0 Å². The average Bonchev–Trinajstić information content (AvgIpc) is 3.02. The van der Waals surface area contributed by atoms with E-state index in [-0.39, 0.29) is 5.91 Å². The minimum absolute atomic E-state index is 0.0632. The van der Waals surface area contributed by atoms with E-state index in [2.05, 4.69) is 10.00 Å². The van der Waals surface area contributed by atoms with Crippen molar-refractivity contribution in [2.75, 3.05) is 26.2 Å². The highest BCUT2D eigenvalue weighted by molar-refractivity contribution is 6.30. The van der Waals surface area contributed by atoms with E-state index in [1.807, 2.05) is 79.5 Å². The van der Waals surface area contributed by atoms with Crippen LogP contribution in [0.1, 0.15) is 28.0 Å². The molecule has 2 aromatic heterocycles. The van der Waals surface area contributed by atoms with Gasteiger partial charge >= 0.3 is 0 Å². The van der Waals surface area contributed by atoms with Crippen molar-refractivity contribution >= 4 is 28.4 Å². The lowest BCUT2D eigenvalue weighted by molar-refractivity contribution is 0.0763. The zero-order chi connectivity index (χ0) is 23.7. The van der Waals surface area contributed by atoms with Gasteiger partial charge in [0, 0.05) is 56.3 Å². The first-order valence-electron chi connectivity index (χ1n) is 11.7. The molecule has 2 aromatic carbocycles. The third-order valence-corrected chi connectivity index (χ3v) is 7.02. The number of fused-ring (bicyclic) bond motifs is 1. The lowest BCUT2D eigenvalue weighted by atomic mass is 10.0. The van der Waals surface area contributed by atoms with Crippen molar-refractivity contribution < 1.29 is 4.79 Å². The van der Waals surface area contributed by atoms with Crippen LogP contribution in [0.15, 0.2) is 60.7 Å². The lowest BCUT2D eigenvalue weighted by Crippen LogP contribution is -2.35. The summed E-state index contributed by atoms with van der Waals surface area (Å²) >= 11 is 6.46. The van der Waals surface area contributed by atoms with Gasteiger partial charge in [0.15, 0.2) is 0 Å². The van der Waals surface area contributed by atoms with Crippen molar-refractivity contribution in [2.24, 2.45) is 7.05 Å². The van der Waals surface area contributed by atoms with Gasteiger partial charge in [-0.1, -0.05) is 60.1 Å². The van der Waals surface area contributed by atoms with Gasteiger partial charge < -0.3 is 4.90 Å². The van der Waals surface area contributed by atoms with Gasteiger partial charge in [0.2, 0.25) is 0 Å². The third-order valence-electron chi connectivity index (χ3n) is 6.54. The Morgan fingerprint density at radius 2 is 1.76 bits per heavy atom. The smallest absolute Gasteiger partial charge is 0.254 e. The van der Waals surface area contributed by atoms with Crippen molar-refractivity contribution in [3.63, 3.8) is 0 Å². The number of rotatable bonds is 4. The highest BCUT2D eigenvalue weighted by atomic mass is 35.5. The van der Waals surface area contributed by atoms with Crippen molar-refractivity contribution in [1.29, 1.82) is 0 Å². The molecule has 5 rings (SSSR count). The van der Waals surface area contributed by atoms with Crippen molar-refractivity contribution in [2.45, 2.75) is 19.9 Å². The number of nitrogens with zero attached hydrogens (tertiary/aromatic N) is 5. The van der Waals surface area contributed by atoms with Crippen molar-refractivity contribution in [1.82, 2.24) is 24.6 Å². The molecule has 6 nitrogen and oxygen atoms in total. The van der Waals surface area contributed by atoms with Crippen LogP contribution in [0.5, 0.6) is 0 Å². The van der Waals surface area contributed by atoms with E-state index in [0.29, 0.717) is 17.3 Å². The highest BCUT2D eigenvalue weighted by Crippen LogP contribution is 2.27. The molecule has 0 aliphatic carbocycles. The molecule has 0 saturated carbocycles. The Hall–Kier alpha value is -3.22. The van der Waals surface area contributed by atoms with E-state index in [1.54, 1.807) is 4.68 Å². The Labute approximate surface area is 204 Å². The van der Waals surface area contributed by atoms with Crippen LogP contribution in [-0.4, -0.2) is 56.7 Å². The highest BCUT2D eigenvalue weighted by Gasteiger charge is 2.24. The number of hydrogen-bond acceptors (Lipinski definition) is 4. The predicted molar refractivity (Wildman–Crippen MR) is 136 cm³/mol. The maximum atomic E-state index is 13.8. The standard InChI is InChI=1S/C27H28ClN5O/c1-19-23(26(28)31(2)30-19)18-32-13-8-14-33(16-15-32)27(34)22-17-25(20-9-4-3-5-10-20)29-24-12-7-6-11-21(22)24/h3-7,9-12,17H,8,13-16,18H2,1-2H3. The number of amides is 1. The lowest BCUT2D eigenvalue weighted by Gasteiger charge is -2.23. The minimum Gasteiger partial charge on any atom is -0.337 e. The van der Waals surface area contributed by atoms with E-state index in [1.165, 1.54) is 0 Å². The zero-order valence-corrected chi connectivity index (χ0v) is 20.3. The molecule has 1 aliphatic rings. The molecule has 1 amide bonds. The number of para-hydroxylation sites is 1. The largest absolute Gasteiger partial charge is 0.337 e. The number of carbonyl (C=O) groups is 1. The Morgan fingerprint density at radius 1 is 1.00 bits per heavy atom. The number of halogens is 1. The second-order valence-electron chi connectivity index (χ2n) is 8.84. The van der Waals surface area contributed by atoms with E-state index < -0.39 is 0 Å². The van der Waals surface area contributed by atoms with Crippen LogP contribution in [0.4, 0.5) is 0 Å². The summed E-state index contributed by atoms with van der Waals surface area (Å²) in [5.41, 5.74) is 5.40. The summed E-state index contributed by atoms with van der Waals surface area (Å²) in [5, 5.41) is 6.01. The molecular weight excluding hydrogens is 446 g/mol. The van der Waals surface area contributed by atoms with Crippen LogP contribution in [0.25, 0.3) is 22.2 Å². The molecule has 174 valence electrons. The Balaban J connectivity index is 1.40. The molecule has 0 bridgehead atoms. The van der Waals surface area contributed by atoms with Crippen LogP contribution >= 0.6 is 11.6 Å². The summed E-state index contributed by atoms with van der Waals surface area (Å²) in [6, 6.07) is 19.9. The van der Waals surface area contributed by atoms with Gasteiger partial charge in [-0.2, -0.15) is 5.10 Å². The number of benzene rings is 2. The van der Waals surface area contributed by atoms with E-state index in [4.69, 9.17) is 16.6 Å². The van der Waals surface area contributed by atoms with Crippen molar-refractivity contribution in [3.05, 3.63) is 82.6 Å². The number of aromatic nitrogens is 3. The summed E-state index contributed by atoms with van der Waals surface area (Å²) in [6.07, 6.45) is 0.914. The van der Waals surface area contributed by atoms with Gasteiger partial charge in [0.1, 0.15) is 5.15 Å². The summed E-state index contributed by atoms with van der Waals surface area (Å²) in [6.45, 7) is 5.86. The fourth-order valence-corrected chi connectivity index (χ4v) is 4.92. The summed E-state index contributed by atoms with van der Waals surface area (Å²) in [7, 11) is 1.87. The molecule has 1 fully saturated rings. The quantitative estimate of drug-likeness (QED) is 0.421. The molecule has 34 heavy (non-hydrogen) atoms. The first-order chi connectivity index (χ1) is 16.5. The second kappa shape index (κ2) is 9.57. The fourth-order valence-electron chi connectivity index (χ4n) is 4.69. The number of pyridine rings is 1. The van der Waals surface area contributed by atoms with Crippen molar-refractivity contribution in [3.8, 4) is 11.3 Å². The van der Waals surface area contributed by atoms with Crippen LogP contribution < -0.4 is 0 Å². The van der Waals surface area contributed by atoms with E-state index in [9.17, 15) is 4.79 Å². The molecule has 0 N–H and O–H groups in total. The van der Waals surface area contributed by atoms with Gasteiger partial charge in [-0.25, -0.2) is 4.98 Å². The maximum Gasteiger partial charge on any atom is 0.254 e. The molecule has 0 unspecified atom stereocenters. The maximum absolute atomic E-state index is 13.8. The van der Waals surface area contributed by atoms with Gasteiger partial charge in [-0.3, -0.25) is 14.4 Å². The van der Waals surface area contributed by atoms with Gasteiger partial charge in [-0.15, -0.1) is 0 Å². The topological polar surface area (TPSA) is 54.3 Å². The van der Waals surface area contributed by atoms with Crippen LogP contribution in [-0.2, 0) is 13.6 Å². The average molecular weight is 474 g/mol. The van der Waals surface area contributed by atoms with Crippen LogP contribution in [0.2, 0.25) is 5.15 Å². The first kappa shape index (κ1) is 22.6. The third kappa shape index (κ3) is 4.43. The molecule has 3 heterocycles. The fraction of sp³-hybridized carbons (Fsp3) is 0.296. The second-order valence-corrected chi connectivity index (χ2v) is 9.20. The minimum atomic E-state index is 0.0632. The van der Waals surface area contributed by atoms with E-state index in [0.717, 1.165) is 66.0 Å². The molecule has 0 atom stereocenters. The normalized spacial score (nSPS) is 15.0. The number of aryl methyl sites for hydroxylation is 2. The molecule has 4 aromatic rings. The summed E-state index contributed by atoms with van der Waals surface area (Å²) in [4.78, 5) is 22.9. The Kier molecular flexibility index (Phi) is 6.35. The van der Waals surface area contributed by atoms with Gasteiger partial charge in [-0.05, 0) is 25.5 Å². The Morgan fingerprint density at radius 3 is 2.53 bits per heavy atom. The molecular formula is C27H28ClN5O. The van der Waals surface area contributed by atoms with Gasteiger partial charge in [0.25, 0.3) is 5.91 Å². The molecule has 7 heteroatoms. The first-order valence-corrected chi connectivity index (χ1v) is 12.0. The summed E-state index contributed by atoms with van der Waals surface area (Å²) in [5.74, 6) is 0.0632. The number of carbonyl (C=O) groups excluding carboxylic acids is 1.